The number of hydrogen-bond donors (Lipinski definition) is 1. The molecule has 0 aliphatic heterocycles. The summed E-state index contributed by atoms with van der Waals surface area (Å²) in [5.74, 6) is -0.962. The van der Waals surface area contributed by atoms with Crippen LogP contribution in [0.3, 0.4) is 0 Å². The van der Waals surface area contributed by atoms with Crippen LogP contribution in [-0.4, -0.2) is 42.3 Å². The van der Waals surface area contributed by atoms with Gasteiger partial charge in [0, 0.05) is 24.8 Å². The Bertz CT molecular complexity index is 472. The quantitative estimate of drug-likeness (QED) is 0.244. The number of carbonyl (C=O) groups is 3. The summed E-state index contributed by atoms with van der Waals surface area (Å²) < 4.78 is 15.7. The SMILES string of the molecule is CCCCOC(=O)CCC(N)(CCC(=O)OCCCC)CCC(=O)OC(C)(C)C. The molecule has 0 spiro atoms. The molecule has 0 aliphatic carbocycles. The maximum Gasteiger partial charge on any atom is 0.306 e. The van der Waals surface area contributed by atoms with E-state index in [0.717, 1.165) is 25.7 Å². The zero-order valence-corrected chi connectivity index (χ0v) is 19.0. The van der Waals surface area contributed by atoms with Gasteiger partial charge >= 0.3 is 17.9 Å². The molecule has 0 radical (unpaired) electrons. The lowest BCUT2D eigenvalue weighted by atomic mass is 9.85. The number of rotatable bonds is 15. The lowest BCUT2D eigenvalue weighted by molar-refractivity contribution is -0.155. The van der Waals surface area contributed by atoms with Gasteiger partial charge in [0.15, 0.2) is 0 Å². The molecule has 29 heavy (non-hydrogen) atoms. The predicted molar refractivity (Wildman–Crippen MR) is 112 cm³/mol. The van der Waals surface area contributed by atoms with Gasteiger partial charge in [-0.3, -0.25) is 14.4 Å². The Hall–Kier alpha value is -1.63. The third-order valence-electron chi connectivity index (χ3n) is 4.42. The van der Waals surface area contributed by atoms with Crippen LogP contribution in [0.5, 0.6) is 0 Å². The van der Waals surface area contributed by atoms with Crippen LogP contribution >= 0.6 is 0 Å². The summed E-state index contributed by atoms with van der Waals surface area (Å²) in [6.07, 6.45) is 4.97. The molecule has 0 aromatic rings. The van der Waals surface area contributed by atoms with E-state index in [1.165, 1.54) is 0 Å². The zero-order valence-electron chi connectivity index (χ0n) is 19.0. The van der Waals surface area contributed by atoms with Gasteiger partial charge in [-0.2, -0.15) is 0 Å². The molecule has 0 aliphatic rings. The number of unbranched alkanes of at least 4 members (excludes halogenated alkanes) is 2. The smallest absolute Gasteiger partial charge is 0.306 e. The van der Waals surface area contributed by atoms with Gasteiger partial charge < -0.3 is 19.9 Å². The van der Waals surface area contributed by atoms with Crippen molar-refractivity contribution in [2.24, 2.45) is 5.73 Å². The second-order valence-corrected chi connectivity index (χ2v) is 8.60. The van der Waals surface area contributed by atoms with Crippen LogP contribution in [0.1, 0.15) is 98.8 Å². The standard InChI is InChI=1S/C22H41NO6/c1-6-8-16-27-18(24)10-13-22(23,14-11-19(25)28-17-9-7-2)15-12-20(26)29-21(3,4)5/h6-17,23H2,1-5H3. The number of esters is 3. The molecule has 7 heteroatoms. The monoisotopic (exact) mass is 415 g/mol. The lowest BCUT2D eigenvalue weighted by Gasteiger charge is -2.29. The molecule has 0 amide bonds. The molecule has 170 valence electrons. The fraction of sp³-hybridized carbons (Fsp3) is 0.864. The Labute approximate surface area is 176 Å². The second kappa shape index (κ2) is 14.4. The minimum absolute atomic E-state index is 0.129. The topological polar surface area (TPSA) is 105 Å². The molecule has 2 N–H and O–H groups in total. The van der Waals surface area contributed by atoms with Crippen LogP contribution < -0.4 is 5.73 Å². The average Bonchev–Trinajstić information content (AvgIpc) is 2.62. The molecule has 0 atom stereocenters. The van der Waals surface area contributed by atoms with E-state index < -0.39 is 11.1 Å². The summed E-state index contributed by atoms with van der Waals surface area (Å²) in [5.41, 5.74) is 5.08. The van der Waals surface area contributed by atoms with E-state index in [1.54, 1.807) is 20.8 Å². The van der Waals surface area contributed by atoms with Crippen molar-refractivity contribution in [2.45, 2.75) is 110 Å². The van der Waals surface area contributed by atoms with Gasteiger partial charge in [-0.25, -0.2) is 0 Å². The number of ether oxygens (including phenoxy) is 3. The molecular formula is C22H41NO6. The fourth-order valence-corrected chi connectivity index (χ4v) is 2.63. The number of carbonyl (C=O) groups excluding carboxylic acids is 3. The van der Waals surface area contributed by atoms with Crippen molar-refractivity contribution in [2.75, 3.05) is 13.2 Å². The van der Waals surface area contributed by atoms with Crippen molar-refractivity contribution in [3.63, 3.8) is 0 Å². The zero-order chi connectivity index (χ0) is 22.3. The third kappa shape index (κ3) is 15.9. The summed E-state index contributed by atoms with van der Waals surface area (Å²) in [7, 11) is 0. The van der Waals surface area contributed by atoms with Gasteiger partial charge in [0.2, 0.25) is 0 Å². The van der Waals surface area contributed by atoms with E-state index >= 15 is 0 Å². The Morgan fingerprint density at radius 2 is 1.10 bits per heavy atom. The van der Waals surface area contributed by atoms with Crippen molar-refractivity contribution in [1.29, 1.82) is 0 Å². The molecule has 0 unspecified atom stereocenters. The Kier molecular flexibility index (Phi) is 13.6. The van der Waals surface area contributed by atoms with Gasteiger partial charge in [-0.1, -0.05) is 26.7 Å². The van der Waals surface area contributed by atoms with Crippen molar-refractivity contribution in [3.05, 3.63) is 0 Å². The molecule has 0 bridgehead atoms. The summed E-state index contributed by atoms with van der Waals surface area (Å²) in [4.78, 5) is 36.0. The number of hydrogen-bond acceptors (Lipinski definition) is 7. The Balaban J connectivity index is 4.72. The fourth-order valence-electron chi connectivity index (χ4n) is 2.63. The molecular weight excluding hydrogens is 374 g/mol. The van der Waals surface area contributed by atoms with E-state index in [1.807, 2.05) is 13.8 Å². The van der Waals surface area contributed by atoms with Crippen molar-refractivity contribution in [1.82, 2.24) is 0 Å². The van der Waals surface area contributed by atoms with Crippen molar-refractivity contribution < 1.29 is 28.6 Å². The summed E-state index contributed by atoms with van der Waals surface area (Å²) >= 11 is 0. The number of nitrogens with two attached hydrogens (primary N) is 1. The van der Waals surface area contributed by atoms with Crippen molar-refractivity contribution >= 4 is 17.9 Å². The van der Waals surface area contributed by atoms with Crippen LogP contribution in [0.2, 0.25) is 0 Å². The maximum absolute atomic E-state index is 12.1. The van der Waals surface area contributed by atoms with Gasteiger partial charge in [-0.05, 0) is 52.9 Å². The van der Waals surface area contributed by atoms with Crippen LogP contribution in [0, 0.1) is 0 Å². The minimum Gasteiger partial charge on any atom is -0.466 e. The normalized spacial score (nSPS) is 11.8. The van der Waals surface area contributed by atoms with E-state index in [4.69, 9.17) is 19.9 Å². The largest absolute Gasteiger partial charge is 0.466 e. The maximum atomic E-state index is 12.1. The first-order chi connectivity index (χ1) is 13.5. The van der Waals surface area contributed by atoms with Crippen molar-refractivity contribution in [3.8, 4) is 0 Å². The average molecular weight is 416 g/mol. The first-order valence-corrected chi connectivity index (χ1v) is 10.8. The minimum atomic E-state index is -0.843. The molecule has 0 saturated carbocycles. The highest BCUT2D eigenvalue weighted by molar-refractivity contribution is 5.71. The van der Waals surface area contributed by atoms with Gasteiger partial charge in [0.05, 0.1) is 13.2 Å². The second-order valence-electron chi connectivity index (χ2n) is 8.60. The summed E-state index contributed by atoms with van der Waals surface area (Å²) in [6, 6.07) is 0. The van der Waals surface area contributed by atoms with Crippen LogP contribution in [-0.2, 0) is 28.6 Å². The van der Waals surface area contributed by atoms with E-state index in [9.17, 15) is 14.4 Å². The van der Waals surface area contributed by atoms with Crippen LogP contribution in [0.15, 0.2) is 0 Å². The highest BCUT2D eigenvalue weighted by atomic mass is 16.6. The Morgan fingerprint density at radius 3 is 1.45 bits per heavy atom. The molecule has 7 nitrogen and oxygen atoms in total. The Morgan fingerprint density at radius 1 is 0.724 bits per heavy atom. The molecule has 0 rings (SSSR count). The third-order valence-corrected chi connectivity index (χ3v) is 4.42. The molecule has 0 heterocycles. The lowest BCUT2D eigenvalue weighted by Crippen LogP contribution is -2.42. The van der Waals surface area contributed by atoms with Gasteiger partial charge in [0.1, 0.15) is 5.60 Å². The van der Waals surface area contributed by atoms with Crippen LogP contribution in [0.4, 0.5) is 0 Å². The first kappa shape index (κ1) is 27.4. The van der Waals surface area contributed by atoms with E-state index in [2.05, 4.69) is 0 Å². The molecule has 0 aromatic heterocycles. The highest BCUT2D eigenvalue weighted by Gasteiger charge is 2.29. The van der Waals surface area contributed by atoms with E-state index in [-0.39, 0.29) is 37.2 Å². The van der Waals surface area contributed by atoms with Crippen LogP contribution in [0.25, 0.3) is 0 Å². The summed E-state index contributed by atoms with van der Waals surface area (Å²) in [5, 5.41) is 0. The molecule has 0 aromatic carbocycles. The highest BCUT2D eigenvalue weighted by Crippen LogP contribution is 2.24. The summed E-state index contributed by atoms with van der Waals surface area (Å²) in [6.45, 7) is 10.3. The first-order valence-electron chi connectivity index (χ1n) is 10.8. The van der Waals surface area contributed by atoms with Gasteiger partial charge in [-0.15, -0.1) is 0 Å². The van der Waals surface area contributed by atoms with E-state index in [0.29, 0.717) is 32.5 Å². The van der Waals surface area contributed by atoms with Gasteiger partial charge in [0.25, 0.3) is 0 Å². The predicted octanol–water partition coefficient (Wildman–Crippen LogP) is 4.05. The molecule has 0 fully saturated rings. The molecule has 0 saturated heterocycles.